The van der Waals surface area contributed by atoms with E-state index in [1.54, 1.807) is 12.5 Å². The van der Waals surface area contributed by atoms with Crippen LogP contribution in [0.1, 0.15) is 43.3 Å². The molecule has 3 heterocycles. The molecule has 2 aromatic rings. The number of piperazine rings is 1. The molecule has 0 aromatic carbocycles. The van der Waals surface area contributed by atoms with Crippen LogP contribution in [0.25, 0.3) is 0 Å². The predicted molar refractivity (Wildman–Crippen MR) is 102 cm³/mol. The number of furan rings is 1. The van der Waals surface area contributed by atoms with Crippen molar-refractivity contribution in [2.24, 2.45) is 0 Å². The number of nitrogens with zero attached hydrogens (tertiary/aromatic N) is 3. The van der Waals surface area contributed by atoms with Crippen molar-refractivity contribution in [2.75, 3.05) is 25.0 Å². The molecule has 26 heavy (non-hydrogen) atoms. The van der Waals surface area contributed by atoms with E-state index in [0.717, 1.165) is 37.6 Å². The maximum absolute atomic E-state index is 12.8. The second kappa shape index (κ2) is 8.36. The first-order valence-corrected chi connectivity index (χ1v) is 9.35. The highest BCUT2D eigenvalue weighted by atomic mass is 16.3. The largest absolute Gasteiger partial charge is 0.467 e. The molecule has 1 aliphatic heterocycles. The monoisotopic (exact) mass is 356 g/mol. The third-order valence-electron chi connectivity index (χ3n) is 4.98. The average Bonchev–Trinajstić information content (AvgIpc) is 3.19. The van der Waals surface area contributed by atoms with E-state index in [1.165, 1.54) is 0 Å². The van der Waals surface area contributed by atoms with E-state index < -0.39 is 0 Å². The minimum atomic E-state index is 0.0666. The first-order chi connectivity index (χ1) is 12.6. The minimum absolute atomic E-state index is 0.0666. The van der Waals surface area contributed by atoms with E-state index in [4.69, 9.17) is 4.42 Å². The fourth-order valence-electron chi connectivity index (χ4n) is 3.50. The van der Waals surface area contributed by atoms with Gasteiger partial charge in [0.05, 0.1) is 18.4 Å². The van der Waals surface area contributed by atoms with Gasteiger partial charge in [0.2, 0.25) is 0 Å². The van der Waals surface area contributed by atoms with Crippen LogP contribution in [-0.4, -0.2) is 52.4 Å². The van der Waals surface area contributed by atoms with Crippen molar-refractivity contribution in [3.05, 3.63) is 48.0 Å². The Morgan fingerprint density at radius 3 is 2.81 bits per heavy atom. The molecule has 140 valence electrons. The SMILES string of the molecule is CC[C@H]1CN(C(=O)c2ccc(NCc3ccco3)nc2)CCN1C(C)C. The molecular weight excluding hydrogens is 328 g/mol. The summed E-state index contributed by atoms with van der Waals surface area (Å²) >= 11 is 0. The number of carbonyl (C=O) groups excluding carboxylic acids is 1. The summed E-state index contributed by atoms with van der Waals surface area (Å²) in [4.78, 5) is 21.6. The Labute approximate surface area is 155 Å². The Balaban J connectivity index is 1.59. The minimum Gasteiger partial charge on any atom is -0.467 e. The Morgan fingerprint density at radius 1 is 1.35 bits per heavy atom. The first-order valence-electron chi connectivity index (χ1n) is 9.35. The summed E-state index contributed by atoms with van der Waals surface area (Å²) in [7, 11) is 0. The van der Waals surface area contributed by atoms with Crippen molar-refractivity contribution in [1.29, 1.82) is 0 Å². The standard InChI is InChI=1S/C20H28N4O2/c1-4-17-14-23(9-10-24(17)15(2)3)20(25)16-7-8-19(21-12-16)22-13-18-6-5-11-26-18/h5-8,11-12,15,17H,4,9-10,13-14H2,1-3H3,(H,21,22)/t17-/m0/s1. The lowest BCUT2D eigenvalue weighted by molar-refractivity contribution is 0.0371. The zero-order chi connectivity index (χ0) is 18.5. The quantitative estimate of drug-likeness (QED) is 0.861. The number of amides is 1. The lowest BCUT2D eigenvalue weighted by Crippen LogP contribution is -2.56. The average molecular weight is 356 g/mol. The number of nitrogens with one attached hydrogen (secondary N) is 1. The summed E-state index contributed by atoms with van der Waals surface area (Å²) in [6.07, 6.45) is 4.35. The lowest BCUT2D eigenvalue weighted by atomic mass is 10.1. The summed E-state index contributed by atoms with van der Waals surface area (Å²) in [5.41, 5.74) is 0.640. The highest BCUT2D eigenvalue weighted by Gasteiger charge is 2.30. The lowest BCUT2D eigenvalue weighted by Gasteiger charge is -2.43. The van der Waals surface area contributed by atoms with Crippen LogP contribution in [0.15, 0.2) is 41.1 Å². The molecule has 6 heteroatoms. The maximum Gasteiger partial charge on any atom is 0.255 e. The second-order valence-corrected chi connectivity index (χ2v) is 7.01. The number of aromatic nitrogens is 1. The second-order valence-electron chi connectivity index (χ2n) is 7.01. The number of anilines is 1. The van der Waals surface area contributed by atoms with Gasteiger partial charge >= 0.3 is 0 Å². The molecule has 1 fully saturated rings. The van der Waals surface area contributed by atoms with Gasteiger partial charge in [-0.1, -0.05) is 6.92 Å². The number of hydrogen-bond acceptors (Lipinski definition) is 5. The van der Waals surface area contributed by atoms with Crippen molar-refractivity contribution >= 4 is 11.7 Å². The van der Waals surface area contributed by atoms with E-state index in [1.807, 2.05) is 29.2 Å². The van der Waals surface area contributed by atoms with Crippen molar-refractivity contribution in [3.63, 3.8) is 0 Å². The van der Waals surface area contributed by atoms with Crippen LogP contribution in [0.4, 0.5) is 5.82 Å². The van der Waals surface area contributed by atoms with Gasteiger partial charge in [0.1, 0.15) is 11.6 Å². The van der Waals surface area contributed by atoms with E-state index in [-0.39, 0.29) is 5.91 Å². The Hall–Kier alpha value is -2.34. The molecule has 1 atom stereocenters. The molecule has 3 rings (SSSR count). The molecule has 0 saturated carbocycles. The van der Waals surface area contributed by atoms with Crippen molar-refractivity contribution in [2.45, 2.75) is 45.8 Å². The number of rotatable bonds is 6. The highest BCUT2D eigenvalue weighted by Crippen LogP contribution is 2.18. The number of pyridine rings is 1. The third-order valence-corrected chi connectivity index (χ3v) is 4.98. The Morgan fingerprint density at radius 2 is 2.19 bits per heavy atom. The van der Waals surface area contributed by atoms with E-state index >= 15 is 0 Å². The van der Waals surface area contributed by atoms with Gasteiger partial charge in [0.25, 0.3) is 5.91 Å². The molecule has 0 aliphatic carbocycles. The van der Waals surface area contributed by atoms with Crippen LogP contribution >= 0.6 is 0 Å². The highest BCUT2D eigenvalue weighted by molar-refractivity contribution is 5.94. The molecule has 0 spiro atoms. The van der Waals surface area contributed by atoms with Gasteiger partial charge in [0, 0.05) is 37.9 Å². The normalized spacial score (nSPS) is 18.3. The van der Waals surface area contributed by atoms with Gasteiger partial charge in [-0.3, -0.25) is 9.69 Å². The van der Waals surface area contributed by atoms with Crippen LogP contribution < -0.4 is 5.32 Å². The fraction of sp³-hybridized carbons (Fsp3) is 0.500. The Bertz CT molecular complexity index is 697. The van der Waals surface area contributed by atoms with E-state index in [2.05, 4.69) is 36.0 Å². The van der Waals surface area contributed by atoms with Crippen molar-refractivity contribution in [3.8, 4) is 0 Å². The summed E-state index contributed by atoms with van der Waals surface area (Å²) in [6.45, 7) is 9.69. The van der Waals surface area contributed by atoms with Gasteiger partial charge < -0.3 is 14.6 Å². The molecule has 1 amide bonds. The molecule has 6 nitrogen and oxygen atoms in total. The van der Waals surface area contributed by atoms with Crippen LogP contribution in [0, 0.1) is 0 Å². The molecule has 0 unspecified atom stereocenters. The van der Waals surface area contributed by atoms with Crippen molar-refractivity contribution < 1.29 is 9.21 Å². The predicted octanol–water partition coefficient (Wildman–Crippen LogP) is 3.23. The molecule has 2 aromatic heterocycles. The smallest absolute Gasteiger partial charge is 0.255 e. The van der Waals surface area contributed by atoms with Gasteiger partial charge in [-0.15, -0.1) is 0 Å². The molecule has 0 bridgehead atoms. The van der Waals surface area contributed by atoms with Gasteiger partial charge in [-0.25, -0.2) is 4.98 Å². The Kier molecular flexibility index (Phi) is 5.93. The first kappa shape index (κ1) is 18.5. The maximum atomic E-state index is 12.8. The van der Waals surface area contributed by atoms with E-state index in [0.29, 0.717) is 24.2 Å². The molecule has 0 radical (unpaired) electrons. The summed E-state index contributed by atoms with van der Waals surface area (Å²) in [5.74, 6) is 1.64. The van der Waals surface area contributed by atoms with Gasteiger partial charge in [0.15, 0.2) is 0 Å². The molecule has 1 N–H and O–H groups in total. The van der Waals surface area contributed by atoms with Crippen LogP contribution in [-0.2, 0) is 6.54 Å². The summed E-state index contributed by atoms with van der Waals surface area (Å²) < 4.78 is 5.29. The van der Waals surface area contributed by atoms with Crippen molar-refractivity contribution in [1.82, 2.24) is 14.8 Å². The number of hydrogen-bond donors (Lipinski definition) is 1. The van der Waals surface area contributed by atoms with Gasteiger partial charge in [-0.2, -0.15) is 0 Å². The fourth-order valence-corrected chi connectivity index (χ4v) is 3.50. The topological polar surface area (TPSA) is 61.6 Å². The van der Waals surface area contributed by atoms with Crippen LogP contribution in [0.3, 0.4) is 0 Å². The number of carbonyl (C=O) groups is 1. The summed E-state index contributed by atoms with van der Waals surface area (Å²) in [6, 6.07) is 8.39. The molecular formula is C20H28N4O2. The van der Waals surface area contributed by atoms with E-state index in [9.17, 15) is 4.79 Å². The molecule has 1 aliphatic rings. The third kappa shape index (κ3) is 4.25. The summed E-state index contributed by atoms with van der Waals surface area (Å²) in [5, 5.41) is 3.19. The van der Waals surface area contributed by atoms with Gasteiger partial charge in [-0.05, 0) is 44.5 Å². The van der Waals surface area contributed by atoms with Crippen LogP contribution in [0.5, 0.6) is 0 Å². The zero-order valence-electron chi connectivity index (χ0n) is 15.8. The zero-order valence-corrected chi connectivity index (χ0v) is 15.8. The van der Waals surface area contributed by atoms with Crippen LogP contribution in [0.2, 0.25) is 0 Å². The molecule has 1 saturated heterocycles.